The maximum absolute atomic E-state index is 4.61. The van der Waals surface area contributed by atoms with E-state index in [1.54, 1.807) is 11.3 Å². The summed E-state index contributed by atoms with van der Waals surface area (Å²) in [4.78, 5) is 4.61. The molecule has 0 saturated heterocycles. The molecule has 0 amide bonds. The average Bonchev–Trinajstić information content (AvgIpc) is 2.89. The summed E-state index contributed by atoms with van der Waals surface area (Å²) in [5.41, 5.74) is 3.95. The molecule has 3 heteroatoms. The van der Waals surface area contributed by atoms with Gasteiger partial charge in [0, 0.05) is 17.8 Å². The SMILES string of the molecule is CCCNC(Cc1csc(C)n1)c1ccc(C(C)C)cc1. The predicted molar refractivity (Wildman–Crippen MR) is 92.1 cm³/mol. The zero-order valence-electron chi connectivity index (χ0n) is 13.5. The molecule has 2 aromatic rings. The van der Waals surface area contributed by atoms with Crippen molar-refractivity contribution in [3.63, 3.8) is 0 Å². The van der Waals surface area contributed by atoms with E-state index in [-0.39, 0.29) is 0 Å². The maximum atomic E-state index is 4.61. The molecule has 1 aromatic heterocycles. The van der Waals surface area contributed by atoms with E-state index in [2.05, 4.69) is 67.6 Å². The summed E-state index contributed by atoms with van der Waals surface area (Å²) in [6.45, 7) is 9.79. The normalized spacial score (nSPS) is 12.8. The molecule has 2 rings (SSSR count). The van der Waals surface area contributed by atoms with Gasteiger partial charge in [0.05, 0.1) is 10.7 Å². The highest BCUT2D eigenvalue weighted by Gasteiger charge is 2.13. The van der Waals surface area contributed by atoms with E-state index >= 15 is 0 Å². The number of rotatable bonds is 7. The Morgan fingerprint density at radius 1 is 1.14 bits per heavy atom. The van der Waals surface area contributed by atoms with Crippen molar-refractivity contribution in [3.8, 4) is 0 Å². The van der Waals surface area contributed by atoms with E-state index in [0.29, 0.717) is 12.0 Å². The van der Waals surface area contributed by atoms with Crippen molar-refractivity contribution >= 4 is 11.3 Å². The molecule has 0 bridgehead atoms. The van der Waals surface area contributed by atoms with Gasteiger partial charge >= 0.3 is 0 Å². The predicted octanol–water partition coefficient (Wildman–Crippen LogP) is 4.86. The number of nitrogens with one attached hydrogen (secondary N) is 1. The average molecular weight is 302 g/mol. The molecule has 0 fully saturated rings. The molecule has 1 atom stereocenters. The van der Waals surface area contributed by atoms with Gasteiger partial charge < -0.3 is 5.32 Å². The Balaban J connectivity index is 2.14. The Labute approximate surface area is 132 Å². The van der Waals surface area contributed by atoms with Crippen molar-refractivity contribution in [1.82, 2.24) is 10.3 Å². The Morgan fingerprint density at radius 2 is 1.81 bits per heavy atom. The first-order chi connectivity index (χ1) is 10.1. The second kappa shape index (κ2) is 7.71. The van der Waals surface area contributed by atoms with Gasteiger partial charge in [0.25, 0.3) is 0 Å². The van der Waals surface area contributed by atoms with E-state index in [4.69, 9.17) is 0 Å². The van der Waals surface area contributed by atoms with Gasteiger partial charge in [-0.15, -0.1) is 11.3 Å². The Hall–Kier alpha value is -1.19. The third-order valence-electron chi connectivity index (χ3n) is 3.73. The molecule has 114 valence electrons. The van der Waals surface area contributed by atoms with Gasteiger partial charge in [-0.2, -0.15) is 0 Å². The van der Waals surface area contributed by atoms with Crippen LogP contribution in [0.2, 0.25) is 0 Å². The molecule has 0 aliphatic rings. The zero-order chi connectivity index (χ0) is 15.2. The number of aromatic nitrogens is 1. The standard InChI is InChI=1S/C18H26N2S/c1-5-10-19-18(11-17-12-21-14(4)20-17)16-8-6-15(7-9-16)13(2)3/h6-9,12-13,18-19H,5,10-11H2,1-4H3. The van der Waals surface area contributed by atoms with Crippen molar-refractivity contribution < 1.29 is 0 Å². The molecule has 1 aromatic carbocycles. The summed E-state index contributed by atoms with van der Waals surface area (Å²) < 4.78 is 0. The largest absolute Gasteiger partial charge is 0.310 e. The first-order valence-corrected chi connectivity index (χ1v) is 8.72. The molecule has 1 heterocycles. The number of nitrogens with zero attached hydrogens (tertiary/aromatic N) is 1. The maximum Gasteiger partial charge on any atom is 0.0897 e. The molecular weight excluding hydrogens is 276 g/mol. The number of aryl methyl sites for hydroxylation is 1. The molecule has 1 unspecified atom stereocenters. The third kappa shape index (κ3) is 4.65. The quantitative estimate of drug-likeness (QED) is 0.790. The zero-order valence-corrected chi connectivity index (χ0v) is 14.3. The van der Waals surface area contributed by atoms with E-state index in [0.717, 1.165) is 24.4 Å². The summed E-state index contributed by atoms with van der Waals surface area (Å²) in [7, 11) is 0. The Bertz CT molecular complexity index is 543. The minimum Gasteiger partial charge on any atom is -0.310 e. The second-order valence-corrected chi connectivity index (χ2v) is 6.95. The molecule has 0 aliphatic heterocycles. The van der Waals surface area contributed by atoms with Crippen molar-refractivity contribution in [2.45, 2.75) is 52.5 Å². The molecular formula is C18H26N2S. The first-order valence-electron chi connectivity index (χ1n) is 7.84. The summed E-state index contributed by atoms with van der Waals surface area (Å²) >= 11 is 1.73. The topological polar surface area (TPSA) is 24.9 Å². The molecule has 2 nitrogen and oxygen atoms in total. The van der Waals surface area contributed by atoms with E-state index < -0.39 is 0 Å². The van der Waals surface area contributed by atoms with Crippen molar-refractivity contribution in [1.29, 1.82) is 0 Å². The lowest BCUT2D eigenvalue weighted by atomic mass is 9.97. The van der Waals surface area contributed by atoms with Gasteiger partial charge in [-0.3, -0.25) is 0 Å². The van der Waals surface area contributed by atoms with Crippen LogP contribution in [0.1, 0.15) is 61.0 Å². The van der Waals surface area contributed by atoms with E-state index in [1.165, 1.54) is 16.8 Å². The third-order valence-corrected chi connectivity index (χ3v) is 4.55. The van der Waals surface area contributed by atoms with Crippen LogP contribution >= 0.6 is 11.3 Å². The number of thiazole rings is 1. The lowest BCUT2D eigenvalue weighted by molar-refractivity contribution is 0.525. The number of hydrogen-bond donors (Lipinski definition) is 1. The van der Waals surface area contributed by atoms with Crippen LogP contribution in [0.25, 0.3) is 0 Å². The molecule has 0 radical (unpaired) electrons. The van der Waals surface area contributed by atoms with Crippen molar-refractivity contribution in [2.24, 2.45) is 0 Å². The van der Waals surface area contributed by atoms with Gasteiger partial charge in [0.2, 0.25) is 0 Å². The van der Waals surface area contributed by atoms with Gasteiger partial charge in [0.15, 0.2) is 0 Å². The fourth-order valence-electron chi connectivity index (χ4n) is 2.45. The van der Waals surface area contributed by atoms with Crippen LogP contribution in [0.3, 0.4) is 0 Å². The van der Waals surface area contributed by atoms with Crippen molar-refractivity contribution in [2.75, 3.05) is 6.54 Å². The molecule has 0 spiro atoms. The highest BCUT2D eigenvalue weighted by atomic mass is 32.1. The van der Waals surface area contributed by atoms with Crippen LogP contribution in [0.4, 0.5) is 0 Å². The molecule has 21 heavy (non-hydrogen) atoms. The highest BCUT2D eigenvalue weighted by molar-refractivity contribution is 7.09. The molecule has 1 N–H and O–H groups in total. The lowest BCUT2D eigenvalue weighted by Crippen LogP contribution is -2.24. The minimum absolute atomic E-state index is 0.354. The fourth-order valence-corrected chi connectivity index (χ4v) is 3.08. The Kier molecular flexibility index (Phi) is 5.95. The second-order valence-electron chi connectivity index (χ2n) is 5.89. The fraction of sp³-hybridized carbons (Fsp3) is 0.500. The summed E-state index contributed by atoms with van der Waals surface area (Å²) in [5.74, 6) is 0.585. The van der Waals surface area contributed by atoms with Crippen molar-refractivity contribution in [3.05, 3.63) is 51.5 Å². The van der Waals surface area contributed by atoms with Crippen LogP contribution < -0.4 is 5.32 Å². The van der Waals surface area contributed by atoms with E-state index in [1.807, 2.05) is 0 Å². The van der Waals surface area contributed by atoms with Crippen LogP contribution in [-0.2, 0) is 6.42 Å². The van der Waals surface area contributed by atoms with Gasteiger partial charge in [-0.05, 0) is 36.9 Å². The monoisotopic (exact) mass is 302 g/mol. The van der Waals surface area contributed by atoms with Crippen LogP contribution in [-0.4, -0.2) is 11.5 Å². The molecule has 0 saturated carbocycles. The summed E-state index contributed by atoms with van der Waals surface area (Å²) in [6.07, 6.45) is 2.11. The lowest BCUT2D eigenvalue weighted by Gasteiger charge is -2.19. The van der Waals surface area contributed by atoms with Crippen LogP contribution in [0.5, 0.6) is 0 Å². The number of hydrogen-bond acceptors (Lipinski definition) is 3. The smallest absolute Gasteiger partial charge is 0.0897 e. The van der Waals surface area contributed by atoms with Gasteiger partial charge in [-0.1, -0.05) is 45.0 Å². The highest BCUT2D eigenvalue weighted by Crippen LogP contribution is 2.22. The van der Waals surface area contributed by atoms with E-state index in [9.17, 15) is 0 Å². The summed E-state index contributed by atoms with van der Waals surface area (Å²) in [5, 5.41) is 6.98. The van der Waals surface area contributed by atoms with Gasteiger partial charge in [-0.25, -0.2) is 4.98 Å². The van der Waals surface area contributed by atoms with Crippen LogP contribution in [0.15, 0.2) is 29.6 Å². The Morgan fingerprint density at radius 3 is 2.33 bits per heavy atom. The number of benzene rings is 1. The minimum atomic E-state index is 0.354. The van der Waals surface area contributed by atoms with Gasteiger partial charge in [0.1, 0.15) is 0 Å². The first kappa shape index (κ1) is 16.2. The van der Waals surface area contributed by atoms with Crippen LogP contribution in [0, 0.1) is 6.92 Å². The summed E-state index contributed by atoms with van der Waals surface area (Å²) in [6, 6.07) is 9.40. The molecule has 0 aliphatic carbocycles.